The number of sulfone groups is 1. The number of anilines is 2. The molecule has 0 radical (unpaired) electrons. The van der Waals surface area contributed by atoms with Gasteiger partial charge in [-0.2, -0.15) is 0 Å². The molecule has 30 heavy (non-hydrogen) atoms. The minimum absolute atomic E-state index is 0.00917. The van der Waals surface area contributed by atoms with Crippen LogP contribution in [0.2, 0.25) is 0 Å². The minimum Gasteiger partial charge on any atom is -0.398 e. The molecule has 0 amide bonds. The zero-order valence-electron chi connectivity index (χ0n) is 17.0. The third-order valence-electron chi connectivity index (χ3n) is 4.02. The number of allylic oxidation sites excluding steroid dienone is 3. The topological polar surface area (TPSA) is 93.0 Å². The number of amidine groups is 1. The van der Waals surface area contributed by atoms with E-state index in [0.29, 0.717) is 22.3 Å². The van der Waals surface area contributed by atoms with Crippen LogP contribution < -0.4 is 5.32 Å². The van der Waals surface area contributed by atoms with Gasteiger partial charge in [-0.25, -0.2) is 18.4 Å². The van der Waals surface area contributed by atoms with Crippen molar-refractivity contribution in [1.82, 2.24) is 4.98 Å². The van der Waals surface area contributed by atoms with Crippen LogP contribution in [-0.2, 0) is 21.1 Å². The Morgan fingerprint density at radius 3 is 2.60 bits per heavy atom. The molecule has 0 atom stereocenters. The van der Waals surface area contributed by atoms with Crippen LogP contribution >= 0.6 is 22.9 Å². The fourth-order valence-electron chi connectivity index (χ4n) is 2.46. The number of hydrogen-bond acceptors (Lipinski definition) is 7. The van der Waals surface area contributed by atoms with Crippen molar-refractivity contribution in [2.75, 3.05) is 18.2 Å². The Balaban J connectivity index is 2.13. The number of thiazole rings is 1. The molecule has 7 nitrogen and oxygen atoms in total. The van der Waals surface area contributed by atoms with E-state index in [9.17, 15) is 8.42 Å². The van der Waals surface area contributed by atoms with Gasteiger partial charge in [0.25, 0.3) is 0 Å². The maximum Gasteiger partial charge on any atom is 0.187 e. The van der Waals surface area contributed by atoms with E-state index in [-0.39, 0.29) is 10.7 Å². The summed E-state index contributed by atoms with van der Waals surface area (Å²) in [6.45, 7) is 11.1. The summed E-state index contributed by atoms with van der Waals surface area (Å²) < 4.78 is 25.0. The quantitative estimate of drug-likeness (QED) is 0.246. The lowest BCUT2D eigenvalue weighted by Gasteiger charge is -2.06. The molecule has 1 aromatic carbocycles. The first-order chi connectivity index (χ1) is 14.2. The summed E-state index contributed by atoms with van der Waals surface area (Å²) >= 11 is 7.62. The van der Waals surface area contributed by atoms with Crippen molar-refractivity contribution in [3.63, 3.8) is 0 Å². The molecule has 0 bridgehead atoms. The molecular formula is C20H23ClN4O3S2. The second-order valence-corrected chi connectivity index (χ2v) is 9.68. The molecule has 0 aliphatic heterocycles. The molecule has 10 heteroatoms. The van der Waals surface area contributed by atoms with Gasteiger partial charge in [-0.15, -0.1) is 11.3 Å². The van der Waals surface area contributed by atoms with Gasteiger partial charge in [-0.05, 0) is 50.4 Å². The average molecular weight is 467 g/mol. The number of rotatable bonds is 9. The second kappa shape index (κ2) is 10.5. The molecule has 2 aromatic rings. The van der Waals surface area contributed by atoms with Crippen LogP contribution in [0.15, 0.2) is 62.6 Å². The van der Waals surface area contributed by atoms with Gasteiger partial charge >= 0.3 is 0 Å². The highest BCUT2D eigenvalue weighted by atomic mass is 35.5. The number of nitrogens with zero attached hydrogens (tertiary/aromatic N) is 3. The van der Waals surface area contributed by atoms with E-state index in [1.165, 1.54) is 30.6 Å². The van der Waals surface area contributed by atoms with E-state index in [2.05, 4.69) is 38.6 Å². The van der Waals surface area contributed by atoms with Gasteiger partial charge in [-0.3, -0.25) is 0 Å². The molecule has 1 heterocycles. The fourth-order valence-corrected chi connectivity index (χ4v) is 4.75. The van der Waals surface area contributed by atoms with Gasteiger partial charge in [0.15, 0.2) is 20.8 Å². The number of nitrogens with one attached hydrogen (secondary N) is 1. The second-order valence-electron chi connectivity index (χ2n) is 6.20. The van der Waals surface area contributed by atoms with Crippen LogP contribution in [0, 0.1) is 6.92 Å². The summed E-state index contributed by atoms with van der Waals surface area (Å²) in [7, 11) is -2.31. The van der Waals surface area contributed by atoms with Gasteiger partial charge < -0.3 is 10.2 Å². The monoisotopic (exact) mass is 466 g/mol. The molecule has 0 spiro atoms. The number of benzene rings is 1. The smallest absolute Gasteiger partial charge is 0.187 e. The van der Waals surface area contributed by atoms with E-state index >= 15 is 0 Å². The van der Waals surface area contributed by atoms with Crippen molar-refractivity contribution in [3.8, 4) is 0 Å². The maximum atomic E-state index is 12.5. The summed E-state index contributed by atoms with van der Waals surface area (Å²) in [5.74, 6) is -0.407. The summed E-state index contributed by atoms with van der Waals surface area (Å²) in [5, 5.41) is 8.08. The zero-order valence-corrected chi connectivity index (χ0v) is 19.4. The van der Waals surface area contributed by atoms with Gasteiger partial charge in [0.2, 0.25) is 0 Å². The number of halogens is 1. The molecule has 2 rings (SSSR count). The molecule has 0 saturated carbocycles. The standard InChI is InChI=1S/C20H23ClN4O3S2/c1-6-17(21)13(2)11-18-14(3)23-20(29-18)24-15-7-9-16(10-8-15)30(26,27)12-19(22-4)25-28-5/h6-10H,2,4,11-12H2,1,3,5H3,(H,23,24)/b17-6+,25-19-. The Bertz CT molecular complexity index is 1090. The third kappa shape index (κ3) is 6.25. The Morgan fingerprint density at radius 1 is 1.37 bits per heavy atom. The van der Waals surface area contributed by atoms with Crippen molar-refractivity contribution in [1.29, 1.82) is 0 Å². The molecule has 1 N–H and O–H groups in total. The number of hydrogen-bond donors (Lipinski definition) is 1. The summed E-state index contributed by atoms with van der Waals surface area (Å²) in [5.41, 5.74) is 2.44. The molecule has 1 aromatic heterocycles. The van der Waals surface area contributed by atoms with Crippen molar-refractivity contribution < 1.29 is 13.3 Å². The van der Waals surface area contributed by atoms with E-state index in [0.717, 1.165) is 16.1 Å². The van der Waals surface area contributed by atoms with Gasteiger partial charge in [0.1, 0.15) is 12.9 Å². The van der Waals surface area contributed by atoms with Crippen LogP contribution in [0.25, 0.3) is 0 Å². The van der Waals surface area contributed by atoms with Gasteiger partial charge in [0.05, 0.1) is 10.6 Å². The molecule has 0 unspecified atom stereocenters. The summed E-state index contributed by atoms with van der Waals surface area (Å²) in [6.07, 6.45) is 2.43. The first kappa shape index (κ1) is 23.8. The van der Waals surface area contributed by atoms with Crippen molar-refractivity contribution in [3.05, 3.63) is 58.1 Å². The van der Waals surface area contributed by atoms with Gasteiger partial charge in [0, 0.05) is 22.0 Å². The maximum absolute atomic E-state index is 12.5. The zero-order chi connectivity index (χ0) is 22.3. The van der Waals surface area contributed by atoms with Crippen LogP contribution in [-0.4, -0.2) is 38.8 Å². The Hall–Kier alpha value is -2.49. The highest BCUT2D eigenvalue weighted by Crippen LogP contribution is 2.29. The van der Waals surface area contributed by atoms with E-state index < -0.39 is 15.6 Å². The lowest BCUT2D eigenvalue weighted by atomic mass is 10.1. The lowest BCUT2D eigenvalue weighted by molar-refractivity contribution is 0.213. The summed E-state index contributed by atoms with van der Waals surface area (Å²) in [6, 6.07) is 6.38. The van der Waals surface area contributed by atoms with Crippen LogP contribution in [0.4, 0.5) is 10.8 Å². The van der Waals surface area contributed by atoms with E-state index in [1.807, 2.05) is 19.9 Å². The number of aliphatic imine (C=N–C) groups is 1. The average Bonchev–Trinajstić information content (AvgIpc) is 3.05. The molecule has 160 valence electrons. The third-order valence-corrected chi connectivity index (χ3v) is 7.21. The van der Waals surface area contributed by atoms with Crippen LogP contribution in [0.1, 0.15) is 17.5 Å². The first-order valence-corrected chi connectivity index (χ1v) is 11.7. The highest BCUT2D eigenvalue weighted by Gasteiger charge is 2.18. The molecular weight excluding hydrogens is 444 g/mol. The van der Waals surface area contributed by atoms with Gasteiger partial charge in [-0.1, -0.05) is 29.4 Å². The number of aryl methyl sites for hydroxylation is 1. The van der Waals surface area contributed by atoms with Crippen molar-refractivity contribution in [2.45, 2.75) is 25.2 Å². The molecule has 0 fully saturated rings. The molecule has 0 saturated heterocycles. The van der Waals surface area contributed by atoms with Crippen molar-refractivity contribution >= 4 is 56.1 Å². The summed E-state index contributed by atoms with van der Waals surface area (Å²) in [4.78, 5) is 13.9. The lowest BCUT2D eigenvalue weighted by Crippen LogP contribution is -2.15. The predicted molar refractivity (Wildman–Crippen MR) is 125 cm³/mol. The van der Waals surface area contributed by atoms with Crippen molar-refractivity contribution in [2.24, 2.45) is 10.1 Å². The minimum atomic E-state index is -3.62. The molecule has 0 aliphatic carbocycles. The largest absolute Gasteiger partial charge is 0.398 e. The van der Waals surface area contributed by atoms with Crippen LogP contribution in [0.3, 0.4) is 0 Å². The Morgan fingerprint density at radius 2 is 2.03 bits per heavy atom. The predicted octanol–water partition coefficient (Wildman–Crippen LogP) is 4.87. The van der Waals surface area contributed by atoms with Crippen LogP contribution in [0.5, 0.6) is 0 Å². The van der Waals surface area contributed by atoms with E-state index in [4.69, 9.17) is 11.6 Å². The Kier molecular flexibility index (Phi) is 8.33. The Labute approximate surface area is 185 Å². The SMILES string of the molecule is C=N/C(CS(=O)(=O)c1ccc(Nc2nc(C)c(CC(=C)/C(Cl)=C\C)s2)cc1)=N\OC. The van der Waals surface area contributed by atoms with E-state index in [1.54, 1.807) is 12.1 Å². The normalized spacial score (nSPS) is 12.5. The number of oxime groups is 1. The number of aromatic nitrogens is 1. The molecule has 0 aliphatic rings. The fraction of sp³-hybridized carbons (Fsp3) is 0.250. The first-order valence-electron chi connectivity index (χ1n) is 8.83. The highest BCUT2D eigenvalue weighted by molar-refractivity contribution is 7.92.